The molecule has 0 atom stereocenters. The summed E-state index contributed by atoms with van der Waals surface area (Å²) in [6, 6.07) is 119. The van der Waals surface area contributed by atoms with Crippen LogP contribution in [0.4, 0.5) is 0 Å². The van der Waals surface area contributed by atoms with Crippen LogP contribution in [0.1, 0.15) is 0 Å². The quantitative estimate of drug-likeness (QED) is 0.152. The molecule has 7 aromatic heterocycles. The minimum Gasteiger partial charge on any atom is -0.309 e. The molecule has 0 aliphatic carbocycles. The fourth-order valence-electron chi connectivity index (χ4n) is 16.1. The second-order valence-corrected chi connectivity index (χ2v) is 29.6. The van der Waals surface area contributed by atoms with Gasteiger partial charge in [0.15, 0.2) is 0 Å². The van der Waals surface area contributed by atoms with Crippen molar-refractivity contribution in [1.82, 2.24) is 23.7 Å². The highest BCUT2D eigenvalue weighted by atomic mass is 32.1. The first-order chi connectivity index (χ1) is 49.5. The molecule has 0 saturated carbocycles. The SMILES string of the molecule is c1ccc2c(c1)sc1ccc(-c3ccc4c5ccccc5n(-c5ccc(-c6ccc(-c7nc(-n8c9ccccc9c9ccc(-c%10ccc%11sc%12ccccc%12c%11c%10)cc98)nc8ccc(-n9c%10ccccc%10c%10ccc(-c%11ccc%12sc%13ccccc%13c%12c%11)cc%109)cc78)cc6)cc5)c4c3)cc12. The van der Waals surface area contributed by atoms with E-state index in [0.717, 1.165) is 83.1 Å². The average Bonchev–Trinajstić information content (AvgIpc) is 1.56. The van der Waals surface area contributed by atoms with Gasteiger partial charge in [0.2, 0.25) is 5.95 Å². The lowest BCUT2D eigenvalue weighted by Crippen LogP contribution is -2.04. The maximum absolute atomic E-state index is 5.81. The Hall–Kier alpha value is -12.3. The third-order valence-corrected chi connectivity index (χ3v) is 24.3. The Kier molecular flexibility index (Phi) is 12.1. The van der Waals surface area contributed by atoms with E-state index in [2.05, 4.69) is 335 Å². The van der Waals surface area contributed by atoms with Crippen molar-refractivity contribution in [2.45, 2.75) is 0 Å². The summed E-state index contributed by atoms with van der Waals surface area (Å²) in [4.78, 5) is 11.4. The first-order valence-corrected chi connectivity index (χ1v) is 36.4. The fraction of sp³-hybridized carbons (Fsp3) is 0. The Bertz CT molecular complexity index is 7220. The molecule has 0 bridgehead atoms. The highest BCUT2D eigenvalue weighted by Crippen LogP contribution is 2.45. The Morgan fingerprint density at radius 2 is 0.510 bits per heavy atom. The third kappa shape index (κ3) is 8.52. The predicted molar refractivity (Wildman–Crippen MR) is 428 cm³/mol. The maximum atomic E-state index is 5.81. The molecule has 100 heavy (non-hydrogen) atoms. The molecule has 22 rings (SSSR count). The van der Waals surface area contributed by atoms with Crippen LogP contribution in [0.25, 0.3) is 210 Å². The van der Waals surface area contributed by atoms with Crippen molar-refractivity contribution in [1.29, 1.82) is 0 Å². The van der Waals surface area contributed by atoms with Gasteiger partial charge in [-0.15, -0.1) is 34.0 Å². The molecule has 0 aliphatic heterocycles. The highest BCUT2D eigenvalue weighted by molar-refractivity contribution is 7.26. The standard InChI is InChI=1S/C92H53N5S3/c1-7-19-79-65(13-1)68-40-31-60(57-34-44-88-74(47-57)71-16-4-10-22-85(71)98-88)50-82(68)95(79)63-37-29-55(30-38-63)54-25-27-56(28-26-54)91-77-53-64(96-80-20-8-2-14-66(80)69-41-32-61(51-83(69)96)58-35-45-89-75(48-58)72-17-5-11-23-86(72)99-89)39-43-78(77)93-92(94-91)97-81-21-9-3-15-67(81)70-42-33-62(52-84(70)97)59-36-46-90-76(49-59)73-18-6-12-24-87(73)100-90/h1-53H. The van der Waals surface area contributed by atoms with Crippen molar-refractivity contribution in [3.63, 3.8) is 0 Å². The summed E-state index contributed by atoms with van der Waals surface area (Å²) in [6.45, 7) is 0. The number of benzene rings is 15. The van der Waals surface area contributed by atoms with Crippen molar-refractivity contribution in [3.8, 4) is 73.1 Å². The third-order valence-electron chi connectivity index (χ3n) is 20.9. The maximum Gasteiger partial charge on any atom is 0.235 e. The Labute approximate surface area is 584 Å². The van der Waals surface area contributed by atoms with Crippen LogP contribution in [0.2, 0.25) is 0 Å². The summed E-state index contributed by atoms with van der Waals surface area (Å²) < 4.78 is 15.0. The first kappa shape index (κ1) is 55.8. The van der Waals surface area contributed by atoms with Crippen LogP contribution >= 0.6 is 34.0 Å². The normalized spacial score (nSPS) is 12.2. The number of hydrogen-bond donors (Lipinski definition) is 0. The van der Waals surface area contributed by atoms with E-state index in [-0.39, 0.29) is 0 Å². The number of aromatic nitrogens is 5. The lowest BCUT2D eigenvalue weighted by atomic mass is 10.00. The van der Waals surface area contributed by atoms with Crippen LogP contribution in [0.3, 0.4) is 0 Å². The average molecular weight is 1320 g/mol. The first-order valence-electron chi connectivity index (χ1n) is 33.9. The van der Waals surface area contributed by atoms with Gasteiger partial charge in [-0.3, -0.25) is 4.57 Å². The molecular formula is C92H53N5S3. The molecule has 0 radical (unpaired) electrons. The zero-order valence-electron chi connectivity index (χ0n) is 53.6. The largest absolute Gasteiger partial charge is 0.309 e. The zero-order chi connectivity index (χ0) is 65.3. The van der Waals surface area contributed by atoms with Gasteiger partial charge in [-0.1, -0.05) is 200 Å². The lowest BCUT2D eigenvalue weighted by Gasteiger charge is -2.15. The van der Waals surface area contributed by atoms with E-state index >= 15 is 0 Å². The zero-order valence-corrected chi connectivity index (χ0v) is 56.0. The summed E-state index contributed by atoms with van der Waals surface area (Å²) in [6.07, 6.45) is 0. The molecule has 0 spiro atoms. The van der Waals surface area contributed by atoms with E-state index in [4.69, 9.17) is 9.97 Å². The number of thiophene rings is 3. The van der Waals surface area contributed by atoms with E-state index in [0.29, 0.717) is 5.95 Å². The van der Waals surface area contributed by atoms with Crippen LogP contribution in [-0.4, -0.2) is 23.7 Å². The second-order valence-electron chi connectivity index (χ2n) is 26.4. The van der Waals surface area contributed by atoms with E-state index in [9.17, 15) is 0 Å². The minimum atomic E-state index is 0.615. The van der Waals surface area contributed by atoms with Crippen LogP contribution in [0.15, 0.2) is 322 Å². The number of rotatable bonds is 8. The van der Waals surface area contributed by atoms with E-state index in [1.54, 1.807) is 0 Å². The van der Waals surface area contributed by atoms with E-state index in [1.807, 2.05) is 34.0 Å². The highest BCUT2D eigenvalue weighted by Gasteiger charge is 2.23. The van der Waals surface area contributed by atoms with Gasteiger partial charge in [0.25, 0.3) is 0 Å². The van der Waals surface area contributed by atoms with Gasteiger partial charge in [-0.2, -0.15) is 0 Å². The van der Waals surface area contributed by atoms with Crippen LogP contribution in [-0.2, 0) is 0 Å². The molecule has 464 valence electrons. The molecule has 0 aliphatic rings. The smallest absolute Gasteiger partial charge is 0.235 e. The molecule has 0 amide bonds. The molecule has 0 fully saturated rings. The fourth-order valence-corrected chi connectivity index (χ4v) is 19.4. The molecular weight excluding hydrogens is 1270 g/mol. The molecule has 8 heteroatoms. The lowest BCUT2D eigenvalue weighted by molar-refractivity contribution is 1.01. The van der Waals surface area contributed by atoms with Gasteiger partial charge in [0, 0.05) is 115 Å². The Balaban J connectivity index is 0.690. The minimum absolute atomic E-state index is 0.615. The number of para-hydroxylation sites is 3. The van der Waals surface area contributed by atoms with Crippen molar-refractivity contribution >= 4 is 171 Å². The second kappa shape index (κ2) is 21.6. The van der Waals surface area contributed by atoms with Gasteiger partial charge in [-0.25, -0.2) is 9.97 Å². The van der Waals surface area contributed by atoms with Crippen molar-refractivity contribution < 1.29 is 0 Å². The van der Waals surface area contributed by atoms with Gasteiger partial charge in [0.1, 0.15) is 0 Å². The molecule has 22 aromatic rings. The van der Waals surface area contributed by atoms with Gasteiger partial charge >= 0.3 is 0 Å². The van der Waals surface area contributed by atoms with Crippen LogP contribution in [0, 0.1) is 0 Å². The molecule has 0 saturated heterocycles. The predicted octanol–water partition coefficient (Wildman–Crippen LogP) is 26.4. The summed E-state index contributed by atoms with van der Waals surface area (Å²) >= 11 is 5.57. The topological polar surface area (TPSA) is 40.6 Å². The van der Waals surface area contributed by atoms with Gasteiger partial charge in [0.05, 0.1) is 44.3 Å². The summed E-state index contributed by atoms with van der Waals surface area (Å²) in [5.74, 6) is 0.615. The van der Waals surface area contributed by atoms with Gasteiger partial charge < -0.3 is 9.13 Å². The Morgan fingerprint density at radius 1 is 0.190 bits per heavy atom. The Morgan fingerprint density at radius 3 is 0.970 bits per heavy atom. The molecule has 5 nitrogen and oxygen atoms in total. The number of hydrogen-bond acceptors (Lipinski definition) is 5. The van der Waals surface area contributed by atoms with Crippen molar-refractivity contribution in [3.05, 3.63) is 322 Å². The van der Waals surface area contributed by atoms with Gasteiger partial charge in [-0.05, 0) is 166 Å². The summed E-state index contributed by atoms with van der Waals surface area (Å²) in [5, 5.41) is 15.9. The van der Waals surface area contributed by atoms with Crippen molar-refractivity contribution in [2.24, 2.45) is 0 Å². The van der Waals surface area contributed by atoms with Crippen LogP contribution in [0.5, 0.6) is 0 Å². The number of fused-ring (bicyclic) bond motifs is 19. The van der Waals surface area contributed by atoms with E-state index in [1.165, 1.54) is 121 Å². The van der Waals surface area contributed by atoms with E-state index < -0.39 is 0 Å². The molecule has 7 heterocycles. The molecule has 0 unspecified atom stereocenters. The summed E-state index contributed by atoms with van der Waals surface area (Å²) in [7, 11) is 0. The monoisotopic (exact) mass is 1320 g/mol. The molecule has 0 N–H and O–H groups in total. The van der Waals surface area contributed by atoms with Crippen molar-refractivity contribution in [2.75, 3.05) is 0 Å². The summed E-state index contributed by atoms with van der Waals surface area (Å²) in [5.41, 5.74) is 20.9. The molecule has 15 aromatic carbocycles. The van der Waals surface area contributed by atoms with Crippen LogP contribution < -0.4 is 0 Å². The number of nitrogens with zero attached hydrogens (tertiary/aromatic N) is 5.